The van der Waals surface area contributed by atoms with Gasteiger partial charge in [-0.2, -0.15) is 0 Å². The van der Waals surface area contributed by atoms with Gasteiger partial charge in [0.25, 0.3) is 0 Å². The summed E-state index contributed by atoms with van der Waals surface area (Å²) in [6.07, 6.45) is 1.86. The third-order valence-corrected chi connectivity index (χ3v) is 2.23. The van der Waals surface area contributed by atoms with Crippen LogP contribution in [0.15, 0.2) is 24.4 Å². The van der Waals surface area contributed by atoms with Crippen molar-refractivity contribution >= 4 is 23.5 Å². The second-order valence-corrected chi connectivity index (χ2v) is 3.12. The Morgan fingerprint density at radius 1 is 1.31 bits per heavy atom. The van der Waals surface area contributed by atoms with Gasteiger partial charge in [-0.3, -0.25) is 0 Å². The largest absolute Gasteiger partial charge is 0.490 e. The quantitative estimate of drug-likeness (QED) is 0.540. The summed E-state index contributed by atoms with van der Waals surface area (Å²) in [5, 5.41) is 19.2. The van der Waals surface area contributed by atoms with Crippen molar-refractivity contribution in [1.82, 2.24) is 4.98 Å². The minimum atomic E-state index is -1.42. The Hall–Kier alpha value is -1.26. The fourth-order valence-corrected chi connectivity index (χ4v) is 1.53. The number of benzene rings is 1. The van der Waals surface area contributed by atoms with Gasteiger partial charge in [0.2, 0.25) is 0 Å². The highest BCUT2D eigenvalue weighted by atomic mass is 16.4. The normalized spacial score (nSPS) is 10.7. The summed E-state index contributed by atoms with van der Waals surface area (Å²) in [4.78, 5) is 3.02. The van der Waals surface area contributed by atoms with Crippen LogP contribution in [0.4, 0.5) is 0 Å². The number of hydrogen-bond donors (Lipinski definition) is 3. The number of H-pyrrole nitrogens is 1. The summed E-state index contributed by atoms with van der Waals surface area (Å²) in [6, 6.07) is 5.47. The minimum Gasteiger partial charge on any atom is -0.423 e. The molecule has 0 bridgehead atoms. The molecule has 0 fully saturated rings. The molecule has 66 valence electrons. The van der Waals surface area contributed by atoms with Crippen molar-refractivity contribution in [2.24, 2.45) is 0 Å². The monoisotopic (exact) mass is 175 g/mol. The van der Waals surface area contributed by atoms with E-state index in [-0.39, 0.29) is 0 Å². The van der Waals surface area contributed by atoms with Crippen molar-refractivity contribution in [3.05, 3.63) is 30.0 Å². The number of hydrogen-bond acceptors (Lipinski definition) is 2. The van der Waals surface area contributed by atoms with E-state index < -0.39 is 7.12 Å². The maximum Gasteiger partial charge on any atom is 0.490 e. The Kier molecular flexibility index (Phi) is 1.86. The number of aromatic amines is 1. The van der Waals surface area contributed by atoms with Crippen LogP contribution in [0.3, 0.4) is 0 Å². The van der Waals surface area contributed by atoms with Gasteiger partial charge >= 0.3 is 7.12 Å². The van der Waals surface area contributed by atoms with Gasteiger partial charge in [0, 0.05) is 22.6 Å². The molecule has 3 N–H and O–H groups in total. The molecule has 0 radical (unpaired) electrons. The molecule has 0 saturated heterocycles. The highest BCUT2D eigenvalue weighted by Crippen LogP contribution is 2.14. The lowest BCUT2D eigenvalue weighted by Crippen LogP contribution is -2.30. The van der Waals surface area contributed by atoms with Crippen LogP contribution in [-0.2, 0) is 0 Å². The zero-order valence-corrected chi connectivity index (χ0v) is 7.28. The first-order valence-electron chi connectivity index (χ1n) is 4.13. The molecule has 13 heavy (non-hydrogen) atoms. The van der Waals surface area contributed by atoms with E-state index in [9.17, 15) is 0 Å². The Morgan fingerprint density at radius 2 is 2.08 bits per heavy atom. The van der Waals surface area contributed by atoms with E-state index in [1.807, 2.05) is 25.3 Å². The standard InChI is InChI=1S/C9H10BNO2/c1-6-5-11-9-7(6)3-2-4-8(9)10(12)13/h2-5,11-13H,1H3. The summed E-state index contributed by atoms with van der Waals surface area (Å²) >= 11 is 0. The fraction of sp³-hybridized carbons (Fsp3) is 0.111. The smallest absolute Gasteiger partial charge is 0.423 e. The predicted molar refractivity (Wildman–Crippen MR) is 52.9 cm³/mol. The second-order valence-electron chi connectivity index (χ2n) is 3.12. The summed E-state index contributed by atoms with van der Waals surface area (Å²) in [7, 11) is -1.42. The highest BCUT2D eigenvalue weighted by Gasteiger charge is 2.15. The first kappa shape index (κ1) is 8.35. The van der Waals surface area contributed by atoms with E-state index in [1.165, 1.54) is 0 Å². The van der Waals surface area contributed by atoms with E-state index in [4.69, 9.17) is 10.0 Å². The van der Waals surface area contributed by atoms with E-state index in [0.29, 0.717) is 5.46 Å². The van der Waals surface area contributed by atoms with E-state index in [2.05, 4.69) is 4.98 Å². The van der Waals surface area contributed by atoms with Crippen molar-refractivity contribution in [2.45, 2.75) is 6.92 Å². The highest BCUT2D eigenvalue weighted by molar-refractivity contribution is 6.61. The van der Waals surface area contributed by atoms with Crippen molar-refractivity contribution in [1.29, 1.82) is 0 Å². The SMILES string of the molecule is Cc1c[nH]c2c(B(O)O)cccc12. The molecule has 2 rings (SSSR count). The van der Waals surface area contributed by atoms with Crippen molar-refractivity contribution in [3.63, 3.8) is 0 Å². The van der Waals surface area contributed by atoms with Crippen LogP contribution in [0.1, 0.15) is 5.56 Å². The van der Waals surface area contributed by atoms with Crippen LogP contribution < -0.4 is 5.46 Å². The summed E-state index contributed by atoms with van der Waals surface area (Å²) in [5.41, 5.74) is 2.43. The Balaban J connectivity index is 2.77. The fourth-order valence-electron chi connectivity index (χ4n) is 1.53. The third-order valence-electron chi connectivity index (χ3n) is 2.23. The summed E-state index contributed by atoms with van der Waals surface area (Å²) in [5.74, 6) is 0. The topological polar surface area (TPSA) is 56.2 Å². The maximum atomic E-state index is 9.07. The maximum absolute atomic E-state index is 9.07. The summed E-state index contributed by atoms with van der Waals surface area (Å²) < 4.78 is 0. The number of nitrogens with one attached hydrogen (secondary N) is 1. The molecule has 0 saturated carbocycles. The van der Waals surface area contributed by atoms with Crippen LogP contribution in [0, 0.1) is 6.92 Å². The van der Waals surface area contributed by atoms with E-state index in [1.54, 1.807) is 6.07 Å². The van der Waals surface area contributed by atoms with Crippen LogP contribution in [0.25, 0.3) is 10.9 Å². The molecule has 0 atom stereocenters. The molecule has 0 aliphatic rings. The van der Waals surface area contributed by atoms with E-state index in [0.717, 1.165) is 16.5 Å². The molecule has 1 aromatic carbocycles. The van der Waals surface area contributed by atoms with Crippen LogP contribution in [-0.4, -0.2) is 22.2 Å². The lowest BCUT2D eigenvalue weighted by molar-refractivity contribution is 0.426. The van der Waals surface area contributed by atoms with Crippen molar-refractivity contribution < 1.29 is 10.0 Å². The number of aryl methyl sites for hydroxylation is 1. The Labute approximate surface area is 76.2 Å². The number of aromatic nitrogens is 1. The summed E-state index contributed by atoms with van der Waals surface area (Å²) in [6.45, 7) is 1.98. The molecule has 0 amide bonds. The molecular weight excluding hydrogens is 165 g/mol. The molecule has 2 aromatic rings. The molecule has 0 aliphatic carbocycles. The van der Waals surface area contributed by atoms with E-state index >= 15 is 0 Å². The molecule has 1 heterocycles. The first-order chi connectivity index (χ1) is 6.20. The van der Waals surface area contributed by atoms with Gasteiger partial charge in [0.1, 0.15) is 0 Å². The van der Waals surface area contributed by atoms with Gasteiger partial charge in [-0.25, -0.2) is 0 Å². The predicted octanol–water partition coefficient (Wildman–Crippen LogP) is 0.156. The van der Waals surface area contributed by atoms with Gasteiger partial charge in [-0.15, -0.1) is 0 Å². The lowest BCUT2D eigenvalue weighted by Gasteiger charge is -2.00. The lowest BCUT2D eigenvalue weighted by atomic mass is 9.79. The zero-order chi connectivity index (χ0) is 9.42. The zero-order valence-electron chi connectivity index (χ0n) is 7.28. The number of para-hydroxylation sites is 1. The Morgan fingerprint density at radius 3 is 2.77 bits per heavy atom. The average molecular weight is 175 g/mol. The minimum absolute atomic E-state index is 0.519. The molecule has 0 unspecified atom stereocenters. The number of rotatable bonds is 1. The molecule has 0 aliphatic heterocycles. The first-order valence-corrected chi connectivity index (χ1v) is 4.13. The molecule has 3 nitrogen and oxygen atoms in total. The third kappa shape index (κ3) is 1.24. The molecule has 0 spiro atoms. The number of fused-ring (bicyclic) bond motifs is 1. The van der Waals surface area contributed by atoms with Gasteiger partial charge in [0.15, 0.2) is 0 Å². The van der Waals surface area contributed by atoms with Gasteiger partial charge in [-0.05, 0) is 12.5 Å². The van der Waals surface area contributed by atoms with Crippen molar-refractivity contribution in [2.75, 3.05) is 0 Å². The van der Waals surface area contributed by atoms with Crippen LogP contribution in [0.2, 0.25) is 0 Å². The van der Waals surface area contributed by atoms with Gasteiger partial charge < -0.3 is 15.0 Å². The van der Waals surface area contributed by atoms with Crippen LogP contribution in [0.5, 0.6) is 0 Å². The van der Waals surface area contributed by atoms with Crippen molar-refractivity contribution in [3.8, 4) is 0 Å². The van der Waals surface area contributed by atoms with Crippen LogP contribution >= 0.6 is 0 Å². The molecular formula is C9H10BNO2. The molecule has 4 heteroatoms. The average Bonchev–Trinajstić information content (AvgIpc) is 2.48. The second kappa shape index (κ2) is 2.90. The Bertz CT molecular complexity index is 436. The molecule has 1 aromatic heterocycles. The van der Waals surface area contributed by atoms with Gasteiger partial charge in [0.05, 0.1) is 0 Å². The van der Waals surface area contributed by atoms with Gasteiger partial charge in [-0.1, -0.05) is 18.2 Å².